The monoisotopic (exact) mass is 157 g/mol. The Morgan fingerprint density at radius 2 is 2.45 bits per heavy atom. The quantitative estimate of drug-likeness (QED) is 0.412. The van der Waals surface area contributed by atoms with E-state index in [9.17, 15) is 9.59 Å². The molecule has 0 unspecified atom stereocenters. The first-order chi connectivity index (χ1) is 5.24. The lowest BCUT2D eigenvalue weighted by Gasteiger charge is -2.04. The van der Waals surface area contributed by atoms with Gasteiger partial charge in [-0.3, -0.25) is 9.59 Å². The van der Waals surface area contributed by atoms with Gasteiger partial charge in [-0.1, -0.05) is 0 Å². The highest BCUT2D eigenvalue weighted by Crippen LogP contribution is 2.04. The minimum atomic E-state index is -0.361. The molecule has 5 heteroatoms. The molecule has 0 aliphatic carbocycles. The molecule has 1 aliphatic heterocycles. The Labute approximate surface area is 64.3 Å². The second kappa shape index (κ2) is 3.34. The zero-order chi connectivity index (χ0) is 8.27. The Bertz CT molecular complexity index is 171. The molecule has 0 aromatic rings. The summed E-state index contributed by atoms with van der Waals surface area (Å²) in [6.07, 6.45) is 1.23. The Kier molecular flexibility index (Phi) is 2.43. The van der Waals surface area contributed by atoms with Gasteiger partial charge in [0, 0.05) is 12.6 Å². The first-order valence-electron chi connectivity index (χ1n) is 3.46. The van der Waals surface area contributed by atoms with E-state index in [1.165, 1.54) is 0 Å². The molecule has 1 fully saturated rings. The third-order valence-corrected chi connectivity index (χ3v) is 1.78. The highest BCUT2D eigenvalue weighted by atomic mass is 16.1. The van der Waals surface area contributed by atoms with Crippen LogP contribution in [0.5, 0.6) is 0 Å². The number of hydrogen-bond donors (Lipinski definition) is 3. The number of hydrogen-bond acceptors (Lipinski definition) is 3. The molecule has 0 radical (unpaired) electrons. The van der Waals surface area contributed by atoms with Gasteiger partial charge in [0.15, 0.2) is 0 Å². The summed E-state index contributed by atoms with van der Waals surface area (Å²) >= 11 is 0. The number of amides is 2. The van der Waals surface area contributed by atoms with Crippen LogP contribution < -0.4 is 16.4 Å². The van der Waals surface area contributed by atoms with Crippen LogP contribution in [0.1, 0.15) is 6.42 Å². The van der Waals surface area contributed by atoms with E-state index < -0.39 is 0 Å². The van der Waals surface area contributed by atoms with Gasteiger partial charge in [-0.05, 0) is 6.42 Å². The maximum absolute atomic E-state index is 10.6. The van der Waals surface area contributed by atoms with Crippen LogP contribution in [0.3, 0.4) is 0 Å². The van der Waals surface area contributed by atoms with Crippen LogP contribution in [0.4, 0.5) is 0 Å². The molecule has 1 saturated heterocycles. The summed E-state index contributed by atoms with van der Waals surface area (Å²) in [5.41, 5.74) is 5.04. The normalized spacial score (nSPS) is 29.8. The first kappa shape index (κ1) is 8.00. The van der Waals surface area contributed by atoms with Crippen molar-refractivity contribution in [2.45, 2.75) is 18.5 Å². The molecular weight excluding hydrogens is 146 g/mol. The summed E-state index contributed by atoms with van der Waals surface area (Å²) in [6.45, 7) is 0.617. The van der Waals surface area contributed by atoms with Crippen LogP contribution in [0.25, 0.3) is 0 Å². The highest BCUT2D eigenvalue weighted by molar-refractivity contribution is 5.80. The van der Waals surface area contributed by atoms with Crippen LogP contribution in [-0.4, -0.2) is 30.9 Å². The third kappa shape index (κ3) is 1.91. The number of primary amides is 1. The van der Waals surface area contributed by atoms with E-state index in [-0.39, 0.29) is 18.0 Å². The zero-order valence-electron chi connectivity index (χ0n) is 6.04. The van der Waals surface area contributed by atoms with E-state index in [0.29, 0.717) is 19.4 Å². The van der Waals surface area contributed by atoms with E-state index in [2.05, 4.69) is 10.6 Å². The molecule has 1 rings (SSSR count). The largest absolute Gasteiger partial charge is 0.368 e. The fourth-order valence-electron chi connectivity index (χ4n) is 1.18. The summed E-state index contributed by atoms with van der Waals surface area (Å²) in [4.78, 5) is 20.6. The van der Waals surface area contributed by atoms with E-state index >= 15 is 0 Å². The van der Waals surface area contributed by atoms with Crippen molar-refractivity contribution in [3.05, 3.63) is 0 Å². The van der Waals surface area contributed by atoms with Gasteiger partial charge in [-0.2, -0.15) is 0 Å². The molecule has 0 saturated carbocycles. The molecule has 1 aliphatic rings. The third-order valence-electron chi connectivity index (χ3n) is 1.78. The standard InChI is InChI=1S/C6H11N3O2/c7-6(11)5-1-4(2-8-5)9-3-10/h3-5,8H,1-2H2,(H2,7,11)(H,9,10)/t4-,5-/m0/s1. The van der Waals surface area contributed by atoms with Gasteiger partial charge in [-0.15, -0.1) is 0 Å². The molecule has 0 aromatic carbocycles. The van der Waals surface area contributed by atoms with Crippen LogP contribution in [-0.2, 0) is 9.59 Å². The molecule has 2 amide bonds. The van der Waals surface area contributed by atoms with Gasteiger partial charge in [0.2, 0.25) is 12.3 Å². The number of nitrogens with two attached hydrogens (primary N) is 1. The SMILES string of the molecule is NC(=O)[C@@H]1C[C@H](NC=O)CN1. The van der Waals surface area contributed by atoms with Crippen molar-refractivity contribution in [3.63, 3.8) is 0 Å². The Balaban J connectivity index is 2.34. The fraction of sp³-hybridized carbons (Fsp3) is 0.667. The van der Waals surface area contributed by atoms with Crippen LogP contribution in [0.15, 0.2) is 0 Å². The topological polar surface area (TPSA) is 84.2 Å². The second-order valence-electron chi connectivity index (χ2n) is 2.58. The fourth-order valence-corrected chi connectivity index (χ4v) is 1.18. The van der Waals surface area contributed by atoms with Crippen molar-refractivity contribution >= 4 is 12.3 Å². The lowest BCUT2D eigenvalue weighted by atomic mass is 10.2. The van der Waals surface area contributed by atoms with Gasteiger partial charge in [0.25, 0.3) is 0 Å². The molecule has 1 heterocycles. The highest BCUT2D eigenvalue weighted by Gasteiger charge is 2.26. The predicted molar refractivity (Wildman–Crippen MR) is 38.6 cm³/mol. The van der Waals surface area contributed by atoms with Gasteiger partial charge >= 0.3 is 0 Å². The second-order valence-corrected chi connectivity index (χ2v) is 2.58. The molecule has 62 valence electrons. The molecule has 4 N–H and O–H groups in total. The van der Waals surface area contributed by atoms with E-state index in [1.807, 2.05) is 0 Å². The maximum atomic E-state index is 10.6. The maximum Gasteiger partial charge on any atom is 0.234 e. The average molecular weight is 157 g/mol. The van der Waals surface area contributed by atoms with E-state index in [1.54, 1.807) is 0 Å². The zero-order valence-corrected chi connectivity index (χ0v) is 6.04. The van der Waals surface area contributed by atoms with Crippen molar-refractivity contribution in [2.24, 2.45) is 5.73 Å². The van der Waals surface area contributed by atoms with Crippen LogP contribution in [0, 0.1) is 0 Å². The lowest BCUT2D eigenvalue weighted by Crippen LogP contribution is -2.36. The molecule has 0 bridgehead atoms. The molecule has 2 atom stereocenters. The smallest absolute Gasteiger partial charge is 0.234 e. The number of carbonyl (C=O) groups is 2. The minimum Gasteiger partial charge on any atom is -0.368 e. The van der Waals surface area contributed by atoms with E-state index in [4.69, 9.17) is 5.73 Å². The van der Waals surface area contributed by atoms with Crippen molar-refractivity contribution in [1.29, 1.82) is 0 Å². The lowest BCUT2D eigenvalue weighted by molar-refractivity contribution is -0.119. The number of carbonyl (C=O) groups excluding carboxylic acids is 2. The Morgan fingerprint density at radius 3 is 2.91 bits per heavy atom. The van der Waals surface area contributed by atoms with Crippen LogP contribution >= 0.6 is 0 Å². The predicted octanol–water partition coefficient (Wildman–Crippen LogP) is -2.05. The molecular formula is C6H11N3O2. The summed E-state index contributed by atoms with van der Waals surface area (Å²) < 4.78 is 0. The van der Waals surface area contributed by atoms with Crippen molar-refractivity contribution in [1.82, 2.24) is 10.6 Å². The van der Waals surface area contributed by atoms with Gasteiger partial charge in [-0.25, -0.2) is 0 Å². The van der Waals surface area contributed by atoms with Crippen molar-refractivity contribution in [3.8, 4) is 0 Å². The summed E-state index contributed by atoms with van der Waals surface area (Å²) in [6, 6.07) is -0.238. The summed E-state index contributed by atoms with van der Waals surface area (Å²) in [5, 5.41) is 5.47. The average Bonchev–Trinajstić information content (AvgIpc) is 2.37. The Morgan fingerprint density at radius 1 is 1.73 bits per heavy atom. The molecule has 0 aromatic heterocycles. The van der Waals surface area contributed by atoms with Crippen molar-refractivity contribution < 1.29 is 9.59 Å². The van der Waals surface area contributed by atoms with E-state index in [0.717, 1.165) is 0 Å². The van der Waals surface area contributed by atoms with Crippen molar-refractivity contribution in [2.75, 3.05) is 6.54 Å². The summed E-state index contributed by atoms with van der Waals surface area (Å²) in [7, 11) is 0. The van der Waals surface area contributed by atoms with Gasteiger partial charge < -0.3 is 16.4 Å². The molecule has 5 nitrogen and oxygen atoms in total. The molecule has 11 heavy (non-hydrogen) atoms. The minimum absolute atomic E-state index is 0.0463. The number of rotatable bonds is 3. The van der Waals surface area contributed by atoms with Gasteiger partial charge in [0.05, 0.1) is 6.04 Å². The number of nitrogens with one attached hydrogen (secondary N) is 2. The van der Waals surface area contributed by atoms with Crippen LogP contribution in [0.2, 0.25) is 0 Å². The Hall–Kier alpha value is -1.10. The summed E-state index contributed by atoms with van der Waals surface area (Å²) in [5.74, 6) is -0.361. The first-order valence-corrected chi connectivity index (χ1v) is 3.46. The van der Waals surface area contributed by atoms with Gasteiger partial charge in [0.1, 0.15) is 0 Å². The molecule has 0 spiro atoms.